The molecule has 128 valence electrons. The van der Waals surface area contributed by atoms with Gasteiger partial charge in [0.25, 0.3) is 11.8 Å². The van der Waals surface area contributed by atoms with Crippen LogP contribution in [0.5, 0.6) is 0 Å². The number of amides is 2. The van der Waals surface area contributed by atoms with Gasteiger partial charge >= 0.3 is 0 Å². The van der Waals surface area contributed by atoms with Crippen molar-refractivity contribution in [1.29, 1.82) is 0 Å². The van der Waals surface area contributed by atoms with Gasteiger partial charge in [0.1, 0.15) is 12.1 Å². The molecule has 0 radical (unpaired) electrons. The fourth-order valence-corrected chi connectivity index (χ4v) is 2.44. The van der Waals surface area contributed by atoms with Gasteiger partial charge in [0.05, 0.1) is 11.1 Å². The van der Waals surface area contributed by atoms with Crippen molar-refractivity contribution in [3.8, 4) is 0 Å². The first-order valence-corrected chi connectivity index (χ1v) is 8.06. The summed E-state index contributed by atoms with van der Waals surface area (Å²) in [6.07, 6.45) is 1.91. The summed E-state index contributed by atoms with van der Waals surface area (Å²) in [5, 5.41) is 6.17. The van der Waals surface area contributed by atoms with Crippen LogP contribution in [-0.4, -0.2) is 28.3 Å². The second-order valence-electron chi connectivity index (χ2n) is 5.37. The molecule has 1 aromatic carbocycles. The number of anilines is 1. The summed E-state index contributed by atoms with van der Waals surface area (Å²) in [4.78, 5) is 33.1. The number of nitrogens with one attached hydrogen (secondary N) is 2. The molecule has 0 fully saturated rings. The van der Waals surface area contributed by atoms with Crippen molar-refractivity contribution >= 4 is 28.5 Å². The second kappa shape index (κ2) is 7.12. The summed E-state index contributed by atoms with van der Waals surface area (Å²) in [5.74, 6) is 0.116. The smallest absolute Gasteiger partial charge is 0.278 e. The molecule has 2 amide bonds. The molecule has 25 heavy (non-hydrogen) atoms. The molecule has 0 atom stereocenters. The molecule has 0 unspecified atom stereocenters. The minimum absolute atomic E-state index is 0.173. The number of pyridine rings is 1. The predicted octanol–water partition coefficient (Wildman–Crippen LogP) is 2.79. The molecular formula is C18H18N4O3. The van der Waals surface area contributed by atoms with Crippen molar-refractivity contribution in [1.82, 2.24) is 15.3 Å². The highest BCUT2D eigenvalue weighted by atomic mass is 16.3. The molecule has 2 aromatic heterocycles. The zero-order valence-corrected chi connectivity index (χ0v) is 14.0. The minimum Gasteiger partial charge on any atom is -0.448 e. The Morgan fingerprint density at radius 1 is 1.12 bits per heavy atom. The van der Waals surface area contributed by atoms with Crippen molar-refractivity contribution in [3.63, 3.8) is 0 Å². The van der Waals surface area contributed by atoms with E-state index in [0.29, 0.717) is 29.9 Å². The standard InChI is InChI=1S/C18H18N4O3/c1-3-16-21-14(10-25-16)18(24)22-15-9-12(17(23)19-4-2)11-7-5-6-8-13(11)20-15/h5-10H,3-4H2,1-2H3,(H,19,23)(H,20,22,24). The molecule has 7 nitrogen and oxygen atoms in total. The lowest BCUT2D eigenvalue weighted by Gasteiger charge is -2.10. The maximum absolute atomic E-state index is 12.3. The SMILES string of the molecule is CCNC(=O)c1cc(NC(=O)c2coc(CC)n2)nc2ccccc12. The fraction of sp³-hybridized carbons (Fsp3) is 0.222. The van der Waals surface area contributed by atoms with Crippen LogP contribution in [0.3, 0.4) is 0 Å². The summed E-state index contributed by atoms with van der Waals surface area (Å²) >= 11 is 0. The normalized spacial score (nSPS) is 10.6. The maximum Gasteiger partial charge on any atom is 0.278 e. The first-order valence-electron chi connectivity index (χ1n) is 8.06. The van der Waals surface area contributed by atoms with E-state index in [9.17, 15) is 9.59 Å². The Balaban J connectivity index is 1.95. The van der Waals surface area contributed by atoms with Crippen molar-refractivity contribution in [2.24, 2.45) is 0 Å². The third kappa shape index (κ3) is 3.50. The number of carbonyl (C=O) groups is 2. The van der Waals surface area contributed by atoms with Crippen LogP contribution >= 0.6 is 0 Å². The lowest BCUT2D eigenvalue weighted by atomic mass is 10.1. The minimum atomic E-state index is -0.437. The topological polar surface area (TPSA) is 97.1 Å². The van der Waals surface area contributed by atoms with E-state index >= 15 is 0 Å². The zero-order valence-electron chi connectivity index (χ0n) is 14.0. The van der Waals surface area contributed by atoms with E-state index in [2.05, 4.69) is 20.6 Å². The molecular weight excluding hydrogens is 320 g/mol. The summed E-state index contributed by atoms with van der Waals surface area (Å²) in [5.41, 5.74) is 1.25. The third-order valence-corrected chi connectivity index (χ3v) is 3.63. The number of benzene rings is 1. The Bertz CT molecular complexity index is 933. The van der Waals surface area contributed by atoms with E-state index in [1.807, 2.05) is 32.0 Å². The lowest BCUT2D eigenvalue weighted by molar-refractivity contribution is 0.0955. The molecule has 0 aliphatic carbocycles. The zero-order chi connectivity index (χ0) is 17.8. The van der Waals surface area contributed by atoms with Gasteiger partial charge in [-0.25, -0.2) is 9.97 Å². The molecule has 3 aromatic rings. The van der Waals surface area contributed by atoms with E-state index in [1.54, 1.807) is 12.1 Å². The van der Waals surface area contributed by atoms with Gasteiger partial charge in [0.2, 0.25) is 0 Å². The van der Waals surface area contributed by atoms with E-state index in [0.717, 1.165) is 5.39 Å². The van der Waals surface area contributed by atoms with Gasteiger partial charge in [-0.3, -0.25) is 9.59 Å². The first kappa shape index (κ1) is 16.6. The van der Waals surface area contributed by atoms with Crippen LogP contribution in [-0.2, 0) is 6.42 Å². The average Bonchev–Trinajstić information content (AvgIpc) is 3.10. The quantitative estimate of drug-likeness (QED) is 0.745. The van der Waals surface area contributed by atoms with Gasteiger partial charge in [-0.15, -0.1) is 0 Å². The average molecular weight is 338 g/mol. The van der Waals surface area contributed by atoms with E-state index in [4.69, 9.17) is 4.42 Å². The Kier molecular flexibility index (Phi) is 4.74. The first-order chi connectivity index (χ1) is 12.1. The largest absolute Gasteiger partial charge is 0.448 e. The molecule has 7 heteroatoms. The van der Waals surface area contributed by atoms with Gasteiger partial charge in [-0.05, 0) is 19.1 Å². The molecule has 3 rings (SSSR count). The number of oxazole rings is 1. The van der Waals surface area contributed by atoms with Gasteiger partial charge in [-0.2, -0.15) is 0 Å². The van der Waals surface area contributed by atoms with Crippen LogP contribution in [0.4, 0.5) is 5.82 Å². The van der Waals surface area contributed by atoms with Crippen LogP contribution < -0.4 is 10.6 Å². The van der Waals surface area contributed by atoms with Crippen molar-refractivity contribution < 1.29 is 14.0 Å². The Morgan fingerprint density at radius 2 is 1.92 bits per heavy atom. The van der Waals surface area contributed by atoms with Crippen LogP contribution in [0.15, 0.2) is 41.0 Å². The number of hydrogen-bond donors (Lipinski definition) is 2. The van der Waals surface area contributed by atoms with Crippen LogP contribution in [0, 0.1) is 0 Å². The van der Waals surface area contributed by atoms with Crippen molar-refractivity contribution in [2.75, 3.05) is 11.9 Å². The van der Waals surface area contributed by atoms with Crippen molar-refractivity contribution in [2.45, 2.75) is 20.3 Å². The number of rotatable bonds is 5. The number of carbonyl (C=O) groups excluding carboxylic acids is 2. The molecule has 0 aliphatic rings. The highest BCUT2D eigenvalue weighted by molar-refractivity contribution is 6.08. The Labute approximate surface area is 144 Å². The highest BCUT2D eigenvalue weighted by Crippen LogP contribution is 2.21. The Morgan fingerprint density at radius 3 is 2.64 bits per heavy atom. The molecule has 0 aliphatic heterocycles. The van der Waals surface area contributed by atoms with Gasteiger partial charge < -0.3 is 15.1 Å². The van der Waals surface area contributed by atoms with Crippen LogP contribution in [0.2, 0.25) is 0 Å². The number of fused-ring (bicyclic) bond motifs is 1. The predicted molar refractivity (Wildman–Crippen MR) is 93.6 cm³/mol. The summed E-state index contributed by atoms with van der Waals surface area (Å²) in [6, 6.07) is 8.84. The summed E-state index contributed by atoms with van der Waals surface area (Å²) in [6.45, 7) is 4.24. The van der Waals surface area contributed by atoms with Crippen LogP contribution in [0.25, 0.3) is 10.9 Å². The molecule has 2 N–H and O–H groups in total. The van der Waals surface area contributed by atoms with Crippen LogP contribution in [0.1, 0.15) is 40.6 Å². The monoisotopic (exact) mass is 338 g/mol. The second-order valence-corrected chi connectivity index (χ2v) is 5.37. The molecule has 0 saturated carbocycles. The van der Waals surface area contributed by atoms with Crippen molar-refractivity contribution in [3.05, 3.63) is 53.7 Å². The Hall–Kier alpha value is -3.22. The molecule has 0 bridgehead atoms. The van der Waals surface area contributed by atoms with Gasteiger partial charge in [0, 0.05) is 18.4 Å². The number of para-hydroxylation sites is 1. The number of aromatic nitrogens is 2. The number of hydrogen-bond acceptors (Lipinski definition) is 5. The summed E-state index contributed by atoms with van der Waals surface area (Å²) in [7, 11) is 0. The van der Waals surface area contributed by atoms with Gasteiger partial charge in [-0.1, -0.05) is 25.1 Å². The highest BCUT2D eigenvalue weighted by Gasteiger charge is 2.16. The van der Waals surface area contributed by atoms with E-state index in [1.165, 1.54) is 6.26 Å². The number of aryl methyl sites for hydroxylation is 1. The molecule has 0 saturated heterocycles. The maximum atomic E-state index is 12.3. The van der Waals surface area contributed by atoms with E-state index < -0.39 is 5.91 Å². The third-order valence-electron chi connectivity index (χ3n) is 3.63. The lowest BCUT2D eigenvalue weighted by Crippen LogP contribution is -2.23. The van der Waals surface area contributed by atoms with E-state index in [-0.39, 0.29) is 17.4 Å². The summed E-state index contributed by atoms with van der Waals surface area (Å²) < 4.78 is 5.18. The molecule has 0 spiro atoms. The molecule has 2 heterocycles. The van der Waals surface area contributed by atoms with Gasteiger partial charge in [0.15, 0.2) is 11.6 Å². The number of nitrogens with zero attached hydrogens (tertiary/aromatic N) is 2. The fourth-order valence-electron chi connectivity index (χ4n) is 2.44.